The highest BCUT2D eigenvalue weighted by Crippen LogP contribution is 2.26. The monoisotopic (exact) mass is 276 g/mol. The zero-order chi connectivity index (χ0) is 13.2. The number of rotatable bonds is 4. The normalized spacial score (nSPS) is 30.4. The summed E-state index contributed by atoms with van der Waals surface area (Å²) >= 11 is 0. The average Bonchev–Trinajstić information content (AvgIpc) is 2.78. The maximum Gasteiger partial charge on any atom is 0.306 e. The smallest absolute Gasteiger partial charge is 0.306 e. The Morgan fingerprint density at radius 3 is 2.39 bits per heavy atom. The Kier molecular flexibility index (Phi) is 4.24. The van der Waals surface area contributed by atoms with Crippen molar-refractivity contribution < 1.29 is 18.3 Å². The molecule has 2 rings (SSSR count). The van der Waals surface area contributed by atoms with Crippen molar-refractivity contribution in [1.29, 1.82) is 0 Å². The summed E-state index contributed by atoms with van der Waals surface area (Å²) in [5.74, 6) is -1.23. The molecule has 2 N–H and O–H groups in total. The molecule has 6 nitrogen and oxygen atoms in total. The quantitative estimate of drug-likeness (QED) is 0.785. The zero-order valence-corrected chi connectivity index (χ0v) is 11.2. The minimum atomic E-state index is -3.43. The predicted molar refractivity (Wildman–Crippen MR) is 66.2 cm³/mol. The third kappa shape index (κ3) is 3.21. The van der Waals surface area contributed by atoms with E-state index >= 15 is 0 Å². The van der Waals surface area contributed by atoms with E-state index in [0.717, 1.165) is 19.3 Å². The molecule has 0 aromatic heterocycles. The van der Waals surface area contributed by atoms with Crippen molar-refractivity contribution in [3.05, 3.63) is 0 Å². The lowest BCUT2D eigenvalue weighted by Crippen LogP contribution is -2.46. The van der Waals surface area contributed by atoms with E-state index in [2.05, 4.69) is 4.72 Å². The molecule has 2 aliphatic rings. The molecule has 104 valence electrons. The van der Waals surface area contributed by atoms with Crippen LogP contribution in [0.2, 0.25) is 0 Å². The van der Waals surface area contributed by atoms with E-state index in [9.17, 15) is 13.2 Å². The van der Waals surface area contributed by atoms with E-state index in [1.54, 1.807) is 0 Å². The van der Waals surface area contributed by atoms with Gasteiger partial charge in [-0.3, -0.25) is 4.79 Å². The third-order valence-electron chi connectivity index (χ3n) is 3.75. The van der Waals surface area contributed by atoms with Gasteiger partial charge in [0.1, 0.15) is 0 Å². The molecule has 18 heavy (non-hydrogen) atoms. The van der Waals surface area contributed by atoms with Gasteiger partial charge in [-0.05, 0) is 32.1 Å². The van der Waals surface area contributed by atoms with Crippen LogP contribution < -0.4 is 4.72 Å². The van der Waals surface area contributed by atoms with Gasteiger partial charge in [0, 0.05) is 19.1 Å². The molecule has 0 amide bonds. The van der Waals surface area contributed by atoms with Crippen LogP contribution in [-0.4, -0.2) is 42.9 Å². The molecule has 0 aromatic carbocycles. The van der Waals surface area contributed by atoms with Gasteiger partial charge in [-0.15, -0.1) is 0 Å². The van der Waals surface area contributed by atoms with Crippen LogP contribution in [0.25, 0.3) is 0 Å². The number of carbonyl (C=O) groups is 1. The molecular weight excluding hydrogens is 256 g/mol. The standard InChI is InChI=1S/C11H20N2O4S/c14-11(15)9-4-5-10(8-9)12-18(16,17)13-6-2-1-3-7-13/h9-10,12H,1-8H2,(H,14,15)/t9-,10+/m1/s1. The van der Waals surface area contributed by atoms with Gasteiger partial charge in [0.2, 0.25) is 0 Å². The van der Waals surface area contributed by atoms with Crippen molar-refractivity contribution in [2.45, 2.75) is 44.6 Å². The second-order valence-corrected chi connectivity index (χ2v) is 6.83. The van der Waals surface area contributed by atoms with Crippen LogP contribution in [-0.2, 0) is 15.0 Å². The Balaban J connectivity index is 1.90. The number of nitrogens with zero attached hydrogens (tertiary/aromatic N) is 1. The van der Waals surface area contributed by atoms with Crippen LogP contribution in [0.3, 0.4) is 0 Å². The SMILES string of the molecule is O=C(O)[C@@H]1CC[C@H](NS(=O)(=O)N2CCCCC2)C1. The first-order chi connectivity index (χ1) is 8.49. The van der Waals surface area contributed by atoms with E-state index in [0.29, 0.717) is 32.4 Å². The van der Waals surface area contributed by atoms with Gasteiger partial charge < -0.3 is 5.11 Å². The van der Waals surface area contributed by atoms with Gasteiger partial charge in [0.25, 0.3) is 10.2 Å². The van der Waals surface area contributed by atoms with Crippen LogP contribution in [0.4, 0.5) is 0 Å². The molecular formula is C11H20N2O4S. The maximum absolute atomic E-state index is 12.1. The fraction of sp³-hybridized carbons (Fsp3) is 0.909. The summed E-state index contributed by atoms with van der Waals surface area (Å²) in [5.41, 5.74) is 0. The largest absolute Gasteiger partial charge is 0.481 e. The molecule has 0 bridgehead atoms. The lowest BCUT2D eigenvalue weighted by Gasteiger charge is -2.27. The van der Waals surface area contributed by atoms with Crippen LogP contribution in [0.15, 0.2) is 0 Å². The van der Waals surface area contributed by atoms with Crippen molar-refractivity contribution in [2.75, 3.05) is 13.1 Å². The van der Waals surface area contributed by atoms with Crippen molar-refractivity contribution in [3.8, 4) is 0 Å². The van der Waals surface area contributed by atoms with Crippen LogP contribution in [0.5, 0.6) is 0 Å². The van der Waals surface area contributed by atoms with Crippen molar-refractivity contribution in [2.24, 2.45) is 5.92 Å². The zero-order valence-electron chi connectivity index (χ0n) is 10.3. The van der Waals surface area contributed by atoms with E-state index in [1.807, 2.05) is 0 Å². The molecule has 1 aliphatic carbocycles. The highest BCUT2D eigenvalue weighted by Gasteiger charge is 2.34. The Labute approximate surface area is 108 Å². The lowest BCUT2D eigenvalue weighted by atomic mass is 10.1. The molecule has 2 atom stereocenters. The lowest BCUT2D eigenvalue weighted by molar-refractivity contribution is -0.141. The van der Waals surface area contributed by atoms with Gasteiger partial charge >= 0.3 is 5.97 Å². The first-order valence-electron chi connectivity index (χ1n) is 6.49. The Hall–Kier alpha value is -0.660. The van der Waals surface area contributed by atoms with E-state index < -0.39 is 22.1 Å². The van der Waals surface area contributed by atoms with Crippen LogP contribution >= 0.6 is 0 Å². The highest BCUT2D eigenvalue weighted by molar-refractivity contribution is 7.87. The molecule has 1 aliphatic heterocycles. The third-order valence-corrected chi connectivity index (χ3v) is 5.43. The predicted octanol–water partition coefficient (Wildman–Crippen LogP) is 0.560. The second-order valence-electron chi connectivity index (χ2n) is 5.13. The Morgan fingerprint density at radius 1 is 1.17 bits per heavy atom. The number of piperidine rings is 1. The van der Waals surface area contributed by atoms with E-state index in [-0.39, 0.29) is 6.04 Å². The van der Waals surface area contributed by atoms with E-state index in [4.69, 9.17) is 5.11 Å². The first kappa shape index (κ1) is 13.8. The van der Waals surface area contributed by atoms with Gasteiger partial charge in [0.05, 0.1) is 5.92 Å². The summed E-state index contributed by atoms with van der Waals surface area (Å²) in [4.78, 5) is 10.8. The summed E-state index contributed by atoms with van der Waals surface area (Å²) in [6.45, 7) is 1.15. The van der Waals surface area contributed by atoms with Crippen molar-refractivity contribution in [1.82, 2.24) is 9.03 Å². The number of hydrogen-bond donors (Lipinski definition) is 2. The molecule has 2 fully saturated rings. The summed E-state index contributed by atoms with van der Waals surface area (Å²) < 4.78 is 28.3. The summed E-state index contributed by atoms with van der Waals surface area (Å²) in [6, 6.07) is -0.224. The van der Waals surface area contributed by atoms with Gasteiger partial charge in [-0.1, -0.05) is 6.42 Å². The molecule has 0 unspecified atom stereocenters. The number of carboxylic acid groups (broad SMARTS) is 1. The number of carboxylic acids is 1. The van der Waals surface area contributed by atoms with Crippen LogP contribution in [0.1, 0.15) is 38.5 Å². The van der Waals surface area contributed by atoms with Crippen molar-refractivity contribution in [3.63, 3.8) is 0 Å². The van der Waals surface area contributed by atoms with E-state index in [1.165, 1.54) is 4.31 Å². The van der Waals surface area contributed by atoms with Gasteiger partial charge in [-0.25, -0.2) is 0 Å². The van der Waals surface area contributed by atoms with Gasteiger partial charge in [-0.2, -0.15) is 17.4 Å². The fourth-order valence-electron chi connectivity index (χ4n) is 2.70. The molecule has 0 radical (unpaired) electrons. The molecule has 7 heteroatoms. The molecule has 1 saturated heterocycles. The molecule has 1 saturated carbocycles. The average molecular weight is 276 g/mol. The number of nitrogens with one attached hydrogen (secondary N) is 1. The summed E-state index contributed by atoms with van der Waals surface area (Å²) in [6.07, 6.45) is 4.47. The highest BCUT2D eigenvalue weighted by atomic mass is 32.2. The minimum Gasteiger partial charge on any atom is -0.481 e. The first-order valence-corrected chi connectivity index (χ1v) is 7.93. The summed E-state index contributed by atoms with van der Waals surface area (Å²) in [5, 5.41) is 8.89. The minimum absolute atomic E-state index is 0.224. The topological polar surface area (TPSA) is 86.7 Å². The molecule has 0 spiro atoms. The Bertz CT molecular complexity index is 403. The van der Waals surface area contributed by atoms with Crippen molar-refractivity contribution >= 4 is 16.2 Å². The summed E-state index contributed by atoms with van der Waals surface area (Å²) in [7, 11) is -3.43. The number of aliphatic carboxylic acids is 1. The second kappa shape index (κ2) is 5.54. The van der Waals surface area contributed by atoms with Crippen LogP contribution in [0, 0.1) is 5.92 Å². The Morgan fingerprint density at radius 2 is 1.83 bits per heavy atom. The van der Waals surface area contributed by atoms with Gasteiger partial charge in [0.15, 0.2) is 0 Å². The maximum atomic E-state index is 12.1. The molecule has 0 aromatic rings. The molecule has 1 heterocycles. The number of hydrogen-bond acceptors (Lipinski definition) is 3. The fourth-order valence-corrected chi connectivity index (χ4v) is 4.23.